The number of nitrogens with two attached hydrogens (primary N) is 1. The van der Waals surface area contributed by atoms with Crippen LogP contribution >= 0.6 is 11.6 Å². The van der Waals surface area contributed by atoms with Crippen molar-refractivity contribution in [1.82, 2.24) is 4.90 Å². The Morgan fingerprint density at radius 3 is 2.72 bits per heavy atom. The predicted molar refractivity (Wildman–Crippen MR) is 78.5 cm³/mol. The van der Waals surface area contributed by atoms with E-state index in [0.717, 1.165) is 18.1 Å². The second kappa shape index (κ2) is 5.47. The number of anilines is 1. The number of halogens is 1. The minimum absolute atomic E-state index is 0.420. The zero-order chi connectivity index (χ0) is 13.3. The number of benzene rings is 1. The van der Waals surface area contributed by atoms with Crippen molar-refractivity contribution in [3.05, 3.63) is 28.8 Å². The minimum atomic E-state index is 0.420. The Kier molecular flexibility index (Phi) is 4.15. The Labute approximate surface area is 115 Å². The van der Waals surface area contributed by atoms with Crippen LogP contribution in [0, 0.1) is 6.92 Å². The molecule has 2 rings (SSSR count). The normalized spacial score (nSPS) is 25.5. The molecule has 0 aliphatic carbocycles. The van der Waals surface area contributed by atoms with E-state index < -0.39 is 0 Å². The van der Waals surface area contributed by atoms with Crippen molar-refractivity contribution in [2.75, 3.05) is 31.6 Å². The van der Waals surface area contributed by atoms with Gasteiger partial charge in [0.1, 0.15) is 0 Å². The predicted octanol–water partition coefficient (Wildman–Crippen LogP) is 2.12. The van der Waals surface area contributed by atoms with Gasteiger partial charge in [0.05, 0.1) is 0 Å². The fourth-order valence-corrected chi connectivity index (χ4v) is 2.90. The summed E-state index contributed by atoms with van der Waals surface area (Å²) in [5.41, 5.74) is 8.38. The van der Waals surface area contributed by atoms with Gasteiger partial charge in [-0.1, -0.05) is 11.6 Å². The Morgan fingerprint density at radius 1 is 1.39 bits per heavy atom. The van der Waals surface area contributed by atoms with Crippen LogP contribution in [0.5, 0.6) is 0 Å². The molecule has 1 fully saturated rings. The van der Waals surface area contributed by atoms with E-state index in [1.807, 2.05) is 12.1 Å². The van der Waals surface area contributed by atoms with Gasteiger partial charge in [0.15, 0.2) is 0 Å². The second-order valence-electron chi connectivity index (χ2n) is 5.24. The minimum Gasteiger partial charge on any atom is -0.368 e. The number of nitrogens with zero attached hydrogens (tertiary/aromatic N) is 2. The second-order valence-corrected chi connectivity index (χ2v) is 5.68. The van der Waals surface area contributed by atoms with E-state index in [4.69, 9.17) is 17.3 Å². The molecule has 0 radical (unpaired) electrons. The number of piperazine rings is 1. The molecule has 1 saturated heterocycles. The molecule has 2 unspecified atom stereocenters. The van der Waals surface area contributed by atoms with Crippen molar-refractivity contribution in [3.63, 3.8) is 0 Å². The van der Waals surface area contributed by atoms with E-state index >= 15 is 0 Å². The lowest BCUT2D eigenvalue weighted by atomic mass is 10.1. The molecule has 1 heterocycles. The molecule has 0 amide bonds. The maximum absolute atomic E-state index is 6.02. The van der Waals surface area contributed by atoms with Crippen LogP contribution < -0.4 is 10.6 Å². The Bertz CT molecular complexity index is 422. The standard InChI is InChI=1S/C14H22ClN3/c1-10-6-12(15)4-5-14(10)18-8-11(2)17(3)13(7-16)9-18/h4-6,11,13H,7-9,16H2,1-3H3. The lowest BCUT2D eigenvalue weighted by Gasteiger charge is -2.45. The van der Waals surface area contributed by atoms with Gasteiger partial charge in [-0.2, -0.15) is 0 Å². The van der Waals surface area contributed by atoms with Crippen LogP contribution in [-0.2, 0) is 0 Å². The fraction of sp³-hybridized carbons (Fsp3) is 0.571. The van der Waals surface area contributed by atoms with E-state index in [1.165, 1.54) is 11.3 Å². The monoisotopic (exact) mass is 267 g/mol. The van der Waals surface area contributed by atoms with Crippen molar-refractivity contribution in [3.8, 4) is 0 Å². The van der Waals surface area contributed by atoms with Gasteiger partial charge >= 0.3 is 0 Å². The maximum atomic E-state index is 6.02. The first-order chi connectivity index (χ1) is 8.52. The lowest BCUT2D eigenvalue weighted by molar-refractivity contribution is 0.162. The molecule has 0 spiro atoms. The lowest BCUT2D eigenvalue weighted by Crippen LogP contribution is -2.58. The summed E-state index contributed by atoms with van der Waals surface area (Å²) in [6, 6.07) is 7.04. The summed E-state index contributed by atoms with van der Waals surface area (Å²) < 4.78 is 0. The molecule has 4 heteroatoms. The van der Waals surface area contributed by atoms with Crippen molar-refractivity contribution < 1.29 is 0 Å². The SMILES string of the molecule is Cc1cc(Cl)ccc1N1CC(C)N(C)C(CN)C1. The fourth-order valence-electron chi connectivity index (χ4n) is 2.68. The molecule has 1 aromatic rings. The highest BCUT2D eigenvalue weighted by Crippen LogP contribution is 2.26. The summed E-state index contributed by atoms with van der Waals surface area (Å²) in [4.78, 5) is 4.80. The number of likely N-dealkylation sites (N-methyl/N-ethyl adjacent to an activating group) is 1. The summed E-state index contributed by atoms with van der Waals surface area (Å²) in [6.07, 6.45) is 0. The van der Waals surface area contributed by atoms with Crippen LogP contribution in [0.25, 0.3) is 0 Å². The Hall–Kier alpha value is -0.770. The van der Waals surface area contributed by atoms with Gasteiger partial charge in [-0.25, -0.2) is 0 Å². The van der Waals surface area contributed by atoms with E-state index in [1.54, 1.807) is 0 Å². The van der Waals surface area contributed by atoms with E-state index in [9.17, 15) is 0 Å². The average Bonchev–Trinajstić information content (AvgIpc) is 2.32. The van der Waals surface area contributed by atoms with Crippen LogP contribution in [0.1, 0.15) is 12.5 Å². The van der Waals surface area contributed by atoms with Crippen molar-refractivity contribution in [2.24, 2.45) is 5.73 Å². The molecule has 2 N–H and O–H groups in total. The van der Waals surface area contributed by atoms with Crippen LogP contribution in [0.15, 0.2) is 18.2 Å². The van der Waals surface area contributed by atoms with Crippen molar-refractivity contribution in [1.29, 1.82) is 0 Å². The van der Waals surface area contributed by atoms with Crippen LogP contribution in [0.3, 0.4) is 0 Å². The first-order valence-electron chi connectivity index (χ1n) is 6.46. The topological polar surface area (TPSA) is 32.5 Å². The summed E-state index contributed by atoms with van der Waals surface area (Å²) >= 11 is 6.02. The first kappa shape index (κ1) is 13.7. The third kappa shape index (κ3) is 2.63. The van der Waals surface area contributed by atoms with Gasteiger partial charge in [0, 0.05) is 42.4 Å². The zero-order valence-corrected chi connectivity index (χ0v) is 12.1. The molecule has 2 atom stereocenters. The van der Waals surface area contributed by atoms with Crippen LogP contribution in [-0.4, -0.2) is 43.7 Å². The summed E-state index contributed by atoms with van der Waals surface area (Å²) in [5.74, 6) is 0. The van der Waals surface area contributed by atoms with Gasteiger partial charge in [-0.3, -0.25) is 4.90 Å². The van der Waals surface area contributed by atoms with Gasteiger partial charge in [0.2, 0.25) is 0 Å². The van der Waals surface area contributed by atoms with Crippen molar-refractivity contribution in [2.45, 2.75) is 25.9 Å². The summed E-state index contributed by atoms with van der Waals surface area (Å²) in [7, 11) is 2.16. The summed E-state index contributed by atoms with van der Waals surface area (Å²) in [6.45, 7) is 7.08. The summed E-state index contributed by atoms with van der Waals surface area (Å²) in [5, 5.41) is 0.800. The largest absolute Gasteiger partial charge is 0.368 e. The van der Waals surface area contributed by atoms with Crippen LogP contribution in [0.2, 0.25) is 5.02 Å². The number of aryl methyl sites for hydroxylation is 1. The molecule has 0 bridgehead atoms. The van der Waals surface area contributed by atoms with Gasteiger partial charge < -0.3 is 10.6 Å². The molecular weight excluding hydrogens is 246 g/mol. The number of hydrogen-bond donors (Lipinski definition) is 1. The third-order valence-corrected chi connectivity index (χ3v) is 4.19. The van der Waals surface area contributed by atoms with Gasteiger partial charge in [-0.15, -0.1) is 0 Å². The average molecular weight is 268 g/mol. The quantitative estimate of drug-likeness (QED) is 0.891. The molecule has 1 aromatic carbocycles. The third-order valence-electron chi connectivity index (χ3n) is 3.96. The van der Waals surface area contributed by atoms with Crippen LogP contribution in [0.4, 0.5) is 5.69 Å². The highest BCUT2D eigenvalue weighted by atomic mass is 35.5. The Balaban J connectivity index is 2.23. The van der Waals surface area contributed by atoms with E-state index in [-0.39, 0.29) is 0 Å². The maximum Gasteiger partial charge on any atom is 0.0410 e. The first-order valence-corrected chi connectivity index (χ1v) is 6.83. The molecule has 1 aliphatic heterocycles. The highest BCUT2D eigenvalue weighted by molar-refractivity contribution is 6.30. The molecule has 18 heavy (non-hydrogen) atoms. The van der Waals surface area contributed by atoms with E-state index in [2.05, 4.69) is 36.8 Å². The molecule has 0 aromatic heterocycles. The molecule has 100 valence electrons. The smallest absolute Gasteiger partial charge is 0.0410 e. The molecular formula is C14H22ClN3. The zero-order valence-electron chi connectivity index (χ0n) is 11.4. The molecule has 3 nitrogen and oxygen atoms in total. The Morgan fingerprint density at radius 2 is 2.11 bits per heavy atom. The number of hydrogen-bond acceptors (Lipinski definition) is 3. The van der Waals surface area contributed by atoms with Gasteiger partial charge in [0.25, 0.3) is 0 Å². The molecule has 0 saturated carbocycles. The van der Waals surface area contributed by atoms with Gasteiger partial charge in [-0.05, 0) is 44.7 Å². The van der Waals surface area contributed by atoms with E-state index in [0.29, 0.717) is 18.6 Å². The van der Waals surface area contributed by atoms with Crippen molar-refractivity contribution >= 4 is 17.3 Å². The molecule has 1 aliphatic rings. The highest BCUT2D eigenvalue weighted by Gasteiger charge is 2.29. The number of rotatable bonds is 2.